The average molecular weight is 253 g/mol. The zero-order chi connectivity index (χ0) is 13.2. The highest BCUT2D eigenvalue weighted by molar-refractivity contribution is 5.24. The summed E-state index contributed by atoms with van der Waals surface area (Å²) in [6.45, 7) is 4.07. The molecule has 1 rings (SSSR count). The zero-order valence-electron chi connectivity index (χ0n) is 9.46. The summed E-state index contributed by atoms with van der Waals surface area (Å²) in [5.74, 6) is -9.43. The van der Waals surface area contributed by atoms with Gasteiger partial charge in [-0.05, 0) is 13.1 Å². The molecule has 0 heterocycles. The molecule has 1 nitrogen and oxygen atoms in total. The highest BCUT2D eigenvalue weighted by Crippen LogP contribution is 2.23. The normalized spacial score (nSPS) is 11.3. The van der Waals surface area contributed by atoms with Crippen LogP contribution in [-0.4, -0.2) is 18.0 Å². The summed E-state index contributed by atoms with van der Waals surface area (Å²) in [4.78, 5) is 1.55. The third-order valence-electron chi connectivity index (χ3n) is 2.58. The van der Waals surface area contributed by atoms with Gasteiger partial charge in [0.25, 0.3) is 0 Å². The molecule has 0 aliphatic rings. The van der Waals surface area contributed by atoms with Crippen molar-refractivity contribution in [1.82, 2.24) is 4.90 Å². The predicted molar refractivity (Wildman–Crippen MR) is 52.9 cm³/mol. The standard InChI is InChI=1S/C11H12F5N/c1-3-17(4-2)5-6-7(12)9(14)11(16)10(15)8(6)13/h3-5H2,1-2H3. The Kier molecular flexibility index (Phi) is 4.45. The van der Waals surface area contributed by atoms with Gasteiger partial charge in [-0.1, -0.05) is 13.8 Å². The molecule has 0 saturated carbocycles. The molecule has 0 unspecified atom stereocenters. The summed E-state index contributed by atoms with van der Waals surface area (Å²) in [5, 5.41) is 0. The molecule has 0 radical (unpaired) electrons. The van der Waals surface area contributed by atoms with Crippen molar-refractivity contribution < 1.29 is 22.0 Å². The minimum Gasteiger partial charge on any atom is -0.299 e. The van der Waals surface area contributed by atoms with Crippen LogP contribution in [0.5, 0.6) is 0 Å². The highest BCUT2D eigenvalue weighted by atomic mass is 19.2. The van der Waals surface area contributed by atoms with Gasteiger partial charge in [0.2, 0.25) is 5.82 Å². The zero-order valence-corrected chi connectivity index (χ0v) is 9.46. The van der Waals surface area contributed by atoms with Crippen LogP contribution < -0.4 is 0 Å². The van der Waals surface area contributed by atoms with Gasteiger partial charge in [0, 0.05) is 12.1 Å². The largest absolute Gasteiger partial charge is 0.299 e. The fourth-order valence-electron chi connectivity index (χ4n) is 1.46. The van der Waals surface area contributed by atoms with Gasteiger partial charge >= 0.3 is 0 Å². The molecule has 0 aliphatic heterocycles. The van der Waals surface area contributed by atoms with Crippen molar-refractivity contribution in [1.29, 1.82) is 0 Å². The SMILES string of the molecule is CCN(CC)Cc1c(F)c(F)c(F)c(F)c1F. The molecule has 0 spiro atoms. The van der Waals surface area contributed by atoms with E-state index in [-0.39, 0.29) is 6.54 Å². The molecule has 1 aromatic carbocycles. The van der Waals surface area contributed by atoms with Crippen molar-refractivity contribution in [2.45, 2.75) is 20.4 Å². The minimum absolute atomic E-state index is 0.307. The van der Waals surface area contributed by atoms with Crippen LogP contribution in [0.4, 0.5) is 22.0 Å². The van der Waals surface area contributed by atoms with Gasteiger partial charge < -0.3 is 0 Å². The number of hydrogen-bond acceptors (Lipinski definition) is 1. The molecule has 96 valence electrons. The number of hydrogen-bond donors (Lipinski definition) is 0. The monoisotopic (exact) mass is 253 g/mol. The molecule has 0 bridgehead atoms. The molecule has 0 aliphatic carbocycles. The summed E-state index contributed by atoms with van der Waals surface area (Å²) >= 11 is 0. The summed E-state index contributed by atoms with van der Waals surface area (Å²) < 4.78 is 65.1. The molecule has 17 heavy (non-hydrogen) atoms. The average Bonchev–Trinajstić information content (AvgIpc) is 2.34. The van der Waals surface area contributed by atoms with Crippen molar-refractivity contribution in [2.75, 3.05) is 13.1 Å². The van der Waals surface area contributed by atoms with Crippen LogP contribution in [-0.2, 0) is 6.54 Å². The lowest BCUT2D eigenvalue weighted by atomic mass is 10.1. The second kappa shape index (κ2) is 5.44. The van der Waals surface area contributed by atoms with E-state index in [9.17, 15) is 22.0 Å². The van der Waals surface area contributed by atoms with E-state index < -0.39 is 34.6 Å². The van der Waals surface area contributed by atoms with E-state index in [0.29, 0.717) is 13.1 Å². The van der Waals surface area contributed by atoms with Gasteiger partial charge in [-0.25, -0.2) is 22.0 Å². The van der Waals surface area contributed by atoms with Gasteiger partial charge in [-0.3, -0.25) is 4.90 Å². The topological polar surface area (TPSA) is 3.24 Å². The van der Waals surface area contributed by atoms with E-state index in [1.807, 2.05) is 0 Å². The van der Waals surface area contributed by atoms with Crippen LogP contribution in [0.1, 0.15) is 19.4 Å². The molecule has 0 saturated heterocycles. The van der Waals surface area contributed by atoms with Gasteiger partial charge in [-0.2, -0.15) is 0 Å². The van der Waals surface area contributed by atoms with E-state index >= 15 is 0 Å². The van der Waals surface area contributed by atoms with Crippen LogP contribution in [0.2, 0.25) is 0 Å². The lowest BCUT2D eigenvalue weighted by molar-refractivity contribution is 0.276. The smallest absolute Gasteiger partial charge is 0.200 e. The second-order valence-corrected chi connectivity index (χ2v) is 3.51. The molecule has 6 heteroatoms. The Bertz CT molecular complexity index is 386. The van der Waals surface area contributed by atoms with Crippen molar-refractivity contribution in [3.63, 3.8) is 0 Å². The number of halogens is 5. The first-order chi connectivity index (χ1) is 7.93. The Labute approximate surface area is 95.8 Å². The number of nitrogens with zero attached hydrogens (tertiary/aromatic N) is 1. The molecular formula is C11H12F5N. The Balaban J connectivity index is 3.24. The van der Waals surface area contributed by atoms with Crippen molar-refractivity contribution >= 4 is 0 Å². The van der Waals surface area contributed by atoms with Crippen molar-refractivity contribution in [2.24, 2.45) is 0 Å². The fraction of sp³-hybridized carbons (Fsp3) is 0.455. The van der Waals surface area contributed by atoms with E-state index in [1.54, 1.807) is 18.7 Å². The molecule has 0 atom stereocenters. The first kappa shape index (κ1) is 13.9. The molecule has 0 aromatic heterocycles. The van der Waals surface area contributed by atoms with Crippen LogP contribution in [0.15, 0.2) is 0 Å². The van der Waals surface area contributed by atoms with E-state index in [1.165, 1.54) is 0 Å². The maximum Gasteiger partial charge on any atom is 0.200 e. The first-order valence-corrected chi connectivity index (χ1v) is 5.16. The maximum atomic E-state index is 13.3. The van der Waals surface area contributed by atoms with Gasteiger partial charge in [0.15, 0.2) is 23.3 Å². The summed E-state index contributed by atoms with van der Waals surface area (Å²) in [5.41, 5.74) is -0.787. The third-order valence-corrected chi connectivity index (χ3v) is 2.58. The van der Waals surface area contributed by atoms with Crippen LogP contribution in [0, 0.1) is 29.1 Å². The lowest BCUT2D eigenvalue weighted by Crippen LogP contribution is -2.24. The molecule has 0 fully saturated rings. The molecule has 0 amide bonds. The van der Waals surface area contributed by atoms with Crippen molar-refractivity contribution in [3.05, 3.63) is 34.6 Å². The van der Waals surface area contributed by atoms with E-state index in [4.69, 9.17) is 0 Å². The lowest BCUT2D eigenvalue weighted by Gasteiger charge is -2.19. The molecular weight excluding hydrogens is 241 g/mol. The third kappa shape index (κ3) is 2.57. The predicted octanol–water partition coefficient (Wildman–Crippen LogP) is 3.22. The van der Waals surface area contributed by atoms with Crippen LogP contribution in [0.3, 0.4) is 0 Å². The first-order valence-electron chi connectivity index (χ1n) is 5.16. The molecule has 1 aromatic rings. The Morgan fingerprint density at radius 1 is 0.706 bits per heavy atom. The Hall–Kier alpha value is -1.17. The van der Waals surface area contributed by atoms with Gasteiger partial charge in [-0.15, -0.1) is 0 Å². The van der Waals surface area contributed by atoms with Gasteiger partial charge in [0.1, 0.15) is 0 Å². The Morgan fingerprint density at radius 2 is 1.06 bits per heavy atom. The van der Waals surface area contributed by atoms with E-state index in [2.05, 4.69) is 0 Å². The fourth-order valence-corrected chi connectivity index (χ4v) is 1.46. The van der Waals surface area contributed by atoms with Crippen molar-refractivity contribution in [3.8, 4) is 0 Å². The summed E-state index contributed by atoms with van der Waals surface area (Å²) in [6.07, 6.45) is 0. The number of rotatable bonds is 4. The Morgan fingerprint density at radius 3 is 1.41 bits per heavy atom. The number of benzene rings is 1. The maximum absolute atomic E-state index is 13.3. The quantitative estimate of drug-likeness (QED) is 0.452. The minimum atomic E-state index is -2.12. The van der Waals surface area contributed by atoms with E-state index in [0.717, 1.165) is 0 Å². The highest BCUT2D eigenvalue weighted by Gasteiger charge is 2.26. The second-order valence-electron chi connectivity index (χ2n) is 3.51. The van der Waals surface area contributed by atoms with Crippen LogP contribution in [0.25, 0.3) is 0 Å². The summed E-state index contributed by atoms with van der Waals surface area (Å²) in [6, 6.07) is 0. The van der Waals surface area contributed by atoms with Gasteiger partial charge in [0.05, 0.1) is 0 Å². The molecule has 0 N–H and O–H groups in total. The van der Waals surface area contributed by atoms with Crippen LogP contribution >= 0.6 is 0 Å². The summed E-state index contributed by atoms with van der Waals surface area (Å²) in [7, 11) is 0.